The van der Waals surface area contributed by atoms with Crippen LogP contribution in [0.1, 0.15) is 36.9 Å². The second-order valence-corrected chi connectivity index (χ2v) is 6.20. The average Bonchev–Trinajstić information content (AvgIpc) is 3.19. The highest BCUT2D eigenvalue weighted by atomic mass is 16.5. The smallest absolute Gasteiger partial charge is 0.249 e. The quantitative estimate of drug-likeness (QED) is 0.666. The van der Waals surface area contributed by atoms with Crippen molar-refractivity contribution in [2.75, 3.05) is 7.11 Å². The van der Waals surface area contributed by atoms with Crippen molar-refractivity contribution in [1.82, 2.24) is 15.5 Å². The van der Waals surface area contributed by atoms with Gasteiger partial charge in [0.25, 0.3) is 0 Å². The molecule has 140 valence electrons. The molecule has 0 aliphatic carbocycles. The van der Waals surface area contributed by atoms with E-state index in [0.29, 0.717) is 17.5 Å². The predicted octanol–water partition coefficient (Wildman–Crippen LogP) is 3.01. The van der Waals surface area contributed by atoms with Gasteiger partial charge < -0.3 is 20.3 Å². The number of nitrogens with zero attached hydrogens (tertiary/aromatic N) is 2. The van der Waals surface area contributed by atoms with E-state index in [9.17, 15) is 4.79 Å². The van der Waals surface area contributed by atoms with E-state index in [-0.39, 0.29) is 18.4 Å². The largest absolute Gasteiger partial charge is 0.497 e. The lowest BCUT2D eigenvalue weighted by atomic mass is 10.0. The van der Waals surface area contributed by atoms with E-state index < -0.39 is 6.04 Å². The molecular weight excluding hydrogens is 344 g/mol. The molecule has 0 aliphatic heterocycles. The molecule has 7 heteroatoms. The summed E-state index contributed by atoms with van der Waals surface area (Å²) in [6.45, 7) is 1.79. The summed E-state index contributed by atoms with van der Waals surface area (Å²) in [6, 6.07) is 16.1. The van der Waals surface area contributed by atoms with Crippen LogP contribution in [0.3, 0.4) is 0 Å². The van der Waals surface area contributed by atoms with E-state index in [1.807, 2.05) is 54.6 Å². The van der Waals surface area contributed by atoms with Crippen molar-refractivity contribution in [3.63, 3.8) is 0 Å². The van der Waals surface area contributed by atoms with E-state index in [2.05, 4.69) is 15.5 Å². The molecule has 7 nitrogen and oxygen atoms in total. The summed E-state index contributed by atoms with van der Waals surface area (Å²) in [5.41, 5.74) is 7.78. The number of methoxy groups -OCH3 is 1. The molecule has 27 heavy (non-hydrogen) atoms. The van der Waals surface area contributed by atoms with Crippen LogP contribution in [-0.4, -0.2) is 23.2 Å². The van der Waals surface area contributed by atoms with E-state index in [4.69, 9.17) is 15.0 Å². The number of nitrogens with two attached hydrogens (primary N) is 1. The Morgan fingerprint density at radius 1 is 1.22 bits per heavy atom. The molecule has 3 rings (SSSR count). The van der Waals surface area contributed by atoms with Gasteiger partial charge in [-0.05, 0) is 24.6 Å². The molecule has 2 aromatic carbocycles. The maximum Gasteiger partial charge on any atom is 0.249 e. The zero-order chi connectivity index (χ0) is 19.2. The Balaban J connectivity index is 1.62. The SMILES string of the molecule is COc1cccc(-c2noc(C(C)NC(=O)CC(N)c3ccccc3)n2)c1. The number of carbonyl (C=O) groups excluding carboxylic acids is 1. The third kappa shape index (κ3) is 4.71. The molecule has 2 atom stereocenters. The zero-order valence-electron chi connectivity index (χ0n) is 15.3. The van der Waals surface area contributed by atoms with Crippen LogP contribution in [0.2, 0.25) is 0 Å². The van der Waals surface area contributed by atoms with Crippen molar-refractivity contribution >= 4 is 5.91 Å². The van der Waals surface area contributed by atoms with Crippen LogP contribution in [0.5, 0.6) is 5.75 Å². The van der Waals surface area contributed by atoms with Crippen LogP contribution in [0.15, 0.2) is 59.1 Å². The Hall–Kier alpha value is -3.19. The number of hydrogen-bond acceptors (Lipinski definition) is 6. The third-order valence-electron chi connectivity index (χ3n) is 4.15. The fraction of sp³-hybridized carbons (Fsp3) is 0.250. The van der Waals surface area contributed by atoms with Crippen LogP contribution in [0.25, 0.3) is 11.4 Å². The van der Waals surface area contributed by atoms with Gasteiger partial charge in [-0.2, -0.15) is 4.98 Å². The number of rotatable bonds is 7. The van der Waals surface area contributed by atoms with Crippen LogP contribution in [0, 0.1) is 0 Å². The second kappa shape index (κ2) is 8.46. The molecule has 1 heterocycles. The predicted molar refractivity (Wildman–Crippen MR) is 101 cm³/mol. The Labute approximate surface area is 157 Å². The van der Waals surface area contributed by atoms with Crippen LogP contribution in [-0.2, 0) is 4.79 Å². The molecule has 0 aliphatic rings. The summed E-state index contributed by atoms with van der Waals surface area (Å²) in [6.07, 6.45) is 0.172. The normalized spacial score (nSPS) is 13.0. The Kier molecular flexibility index (Phi) is 5.83. The highest BCUT2D eigenvalue weighted by Gasteiger charge is 2.19. The number of nitrogens with one attached hydrogen (secondary N) is 1. The van der Waals surface area contributed by atoms with Gasteiger partial charge in [-0.3, -0.25) is 4.79 Å². The third-order valence-corrected chi connectivity index (χ3v) is 4.15. The van der Waals surface area contributed by atoms with E-state index in [1.165, 1.54) is 0 Å². The molecule has 0 saturated carbocycles. The van der Waals surface area contributed by atoms with Gasteiger partial charge in [-0.15, -0.1) is 0 Å². The van der Waals surface area contributed by atoms with Crippen molar-refractivity contribution < 1.29 is 14.1 Å². The number of hydrogen-bond donors (Lipinski definition) is 2. The Bertz CT molecular complexity index is 895. The maximum absolute atomic E-state index is 12.3. The molecule has 0 spiro atoms. The fourth-order valence-corrected chi connectivity index (χ4v) is 2.67. The number of aromatic nitrogens is 2. The molecule has 0 fully saturated rings. The molecule has 1 amide bonds. The average molecular weight is 366 g/mol. The standard InChI is InChI=1S/C20H22N4O3/c1-13(22-18(25)12-17(21)14-7-4-3-5-8-14)20-23-19(24-27-20)15-9-6-10-16(11-15)26-2/h3-11,13,17H,12,21H2,1-2H3,(H,22,25). The lowest BCUT2D eigenvalue weighted by molar-refractivity contribution is -0.122. The fourth-order valence-electron chi connectivity index (χ4n) is 2.67. The Morgan fingerprint density at radius 2 is 2.00 bits per heavy atom. The summed E-state index contributed by atoms with van der Waals surface area (Å²) >= 11 is 0. The Morgan fingerprint density at radius 3 is 2.74 bits per heavy atom. The molecular formula is C20H22N4O3. The van der Waals surface area contributed by atoms with E-state index in [0.717, 1.165) is 11.1 Å². The summed E-state index contributed by atoms with van der Waals surface area (Å²) in [4.78, 5) is 16.6. The molecule has 2 unspecified atom stereocenters. The van der Waals surface area contributed by atoms with Gasteiger partial charge in [0.05, 0.1) is 7.11 Å². The first kappa shape index (κ1) is 18.6. The summed E-state index contributed by atoms with van der Waals surface area (Å²) in [7, 11) is 1.60. The maximum atomic E-state index is 12.3. The summed E-state index contributed by atoms with van der Waals surface area (Å²) in [5, 5.41) is 6.83. The second-order valence-electron chi connectivity index (χ2n) is 6.20. The van der Waals surface area contributed by atoms with Crippen molar-refractivity contribution in [3.05, 3.63) is 66.1 Å². The lowest BCUT2D eigenvalue weighted by Crippen LogP contribution is -2.30. The minimum atomic E-state index is -0.424. The number of carbonyl (C=O) groups is 1. The molecule has 0 radical (unpaired) electrons. The minimum absolute atomic E-state index is 0.172. The summed E-state index contributed by atoms with van der Waals surface area (Å²) < 4.78 is 10.5. The first-order valence-corrected chi connectivity index (χ1v) is 8.64. The van der Waals surface area contributed by atoms with Crippen molar-refractivity contribution in [1.29, 1.82) is 0 Å². The topological polar surface area (TPSA) is 103 Å². The molecule has 1 aromatic heterocycles. The zero-order valence-corrected chi connectivity index (χ0v) is 15.3. The van der Waals surface area contributed by atoms with Crippen LogP contribution < -0.4 is 15.8 Å². The van der Waals surface area contributed by atoms with Gasteiger partial charge in [0.15, 0.2) is 0 Å². The first-order chi connectivity index (χ1) is 13.1. The van der Waals surface area contributed by atoms with E-state index >= 15 is 0 Å². The minimum Gasteiger partial charge on any atom is -0.497 e. The first-order valence-electron chi connectivity index (χ1n) is 8.64. The monoisotopic (exact) mass is 366 g/mol. The molecule has 3 aromatic rings. The number of benzene rings is 2. The van der Waals surface area contributed by atoms with Crippen LogP contribution >= 0.6 is 0 Å². The lowest BCUT2D eigenvalue weighted by Gasteiger charge is -2.14. The van der Waals surface area contributed by atoms with Gasteiger partial charge >= 0.3 is 0 Å². The van der Waals surface area contributed by atoms with Gasteiger partial charge in [-0.1, -0.05) is 47.6 Å². The molecule has 0 bridgehead atoms. The van der Waals surface area contributed by atoms with Crippen molar-refractivity contribution in [2.24, 2.45) is 5.73 Å². The highest BCUT2D eigenvalue weighted by molar-refractivity contribution is 5.77. The van der Waals surface area contributed by atoms with Crippen molar-refractivity contribution in [2.45, 2.75) is 25.4 Å². The molecule has 3 N–H and O–H groups in total. The van der Waals surface area contributed by atoms with Gasteiger partial charge in [0.2, 0.25) is 17.6 Å². The number of amides is 1. The highest BCUT2D eigenvalue weighted by Crippen LogP contribution is 2.23. The van der Waals surface area contributed by atoms with E-state index in [1.54, 1.807) is 14.0 Å². The van der Waals surface area contributed by atoms with Crippen LogP contribution in [0.4, 0.5) is 0 Å². The summed E-state index contributed by atoms with van der Waals surface area (Å²) in [5.74, 6) is 1.29. The van der Waals surface area contributed by atoms with Gasteiger partial charge in [-0.25, -0.2) is 0 Å². The van der Waals surface area contributed by atoms with Gasteiger partial charge in [0.1, 0.15) is 11.8 Å². The molecule has 0 saturated heterocycles. The van der Waals surface area contributed by atoms with Gasteiger partial charge in [0, 0.05) is 18.0 Å². The van der Waals surface area contributed by atoms with Crippen molar-refractivity contribution in [3.8, 4) is 17.1 Å². The number of ether oxygens (including phenoxy) is 1.